The lowest BCUT2D eigenvalue weighted by Gasteiger charge is -2.14. The first kappa shape index (κ1) is 16.8. The van der Waals surface area contributed by atoms with Crippen molar-refractivity contribution in [2.45, 2.75) is 10.4 Å². The Bertz CT molecular complexity index is 772. The topological polar surface area (TPSA) is 46.2 Å². The molecule has 0 fully saturated rings. The van der Waals surface area contributed by atoms with Gasteiger partial charge in [0.2, 0.25) is 0 Å². The lowest BCUT2D eigenvalue weighted by Crippen LogP contribution is -2.16. The largest absolute Gasteiger partial charge is 0.418 e. The van der Waals surface area contributed by atoms with Crippen LogP contribution < -0.4 is 4.72 Å². The van der Waals surface area contributed by atoms with Crippen molar-refractivity contribution in [2.75, 3.05) is 4.72 Å². The minimum absolute atomic E-state index is 0.0783. The molecule has 114 valence electrons. The lowest BCUT2D eigenvalue weighted by atomic mass is 10.2. The van der Waals surface area contributed by atoms with Gasteiger partial charge in [0.15, 0.2) is 0 Å². The van der Waals surface area contributed by atoms with Gasteiger partial charge in [0.25, 0.3) is 10.0 Å². The van der Waals surface area contributed by atoms with Gasteiger partial charge in [-0.15, -0.1) is 11.3 Å². The van der Waals surface area contributed by atoms with Crippen LogP contribution in [0.15, 0.2) is 42.8 Å². The van der Waals surface area contributed by atoms with Crippen LogP contribution in [0.1, 0.15) is 5.56 Å². The predicted octanol–water partition coefficient (Wildman–Crippen LogP) is 5.09. The second-order valence-electron chi connectivity index (χ2n) is 3.85. The summed E-state index contributed by atoms with van der Waals surface area (Å²) >= 11 is 6.95. The Morgan fingerprint density at radius 2 is 1.76 bits per heavy atom. The van der Waals surface area contributed by atoms with Crippen LogP contribution in [0.5, 0.6) is 0 Å². The van der Waals surface area contributed by atoms with E-state index in [1.54, 1.807) is 0 Å². The van der Waals surface area contributed by atoms with Crippen molar-refractivity contribution in [3.05, 3.63) is 44.2 Å². The van der Waals surface area contributed by atoms with Crippen LogP contribution in [0.25, 0.3) is 0 Å². The summed E-state index contributed by atoms with van der Waals surface area (Å²) < 4.78 is 65.7. The molecule has 0 amide bonds. The summed E-state index contributed by atoms with van der Waals surface area (Å²) in [6, 6.07) is 6.03. The highest BCUT2D eigenvalue weighted by Crippen LogP contribution is 2.38. The summed E-state index contributed by atoms with van der Waals surface area (Å²) in [6.45, 7) is 0. The van der Waals surface area contributed by atoms with Crippen LogP contribution in [-0.2, 0) is 16.2 Å². The minimum atomic E-state index is -4.67. The van der Waals surface area contributed by atoms with E-state index in [-0.39, 0.29) is 8.68 Å². The maximum Gasteiger partial charge on any atom is 0.418 e. The molecule has 0 aliphatic heterocycles. The molecule has 0 aliphatic carbocycles. The molecule has 1 aromatic heterocycles. The first-order valence-electron chi connectivity index (χ1n) is 5.24. The van der Waals surface area contributed by atoms with Crippen molar-refractivity contribution in [2.24, 2.45) is 0 Å². The van der Waals surface area contributed by atoms with E-state index in [0.29, 0.717) is 3.79 Å². The average molecular weight is 465 g/mol. The third kappa shape index (κ3) is 3.99. The Hall–Kier alpha value is -0.580. The Morgan fingerprint density at radius 1 is 1.10 bits per heavy atom. The molecule has 0 saturated carbocycles. The van der Waals surface area contributed by atoms with Crippen LogP contribution in [0, 0.1) is 0 Å². The second kappa shape index (κ2) is 5.90. The molecule has 2 aromatic rings. The fraction of sp³-hybridized carbons (Fsp3) is 0.0909. The first-order valence-corrected chi connectivity index (χ1v) is 9.13. The first-order chi connectivity index (χ1) is 9.59. The molecule has 21 heavy (non-hydrogen) atoms. The zero-order valence-electron chi connectivity index (χ0n) is 9.91. The van der Waals surface area contributed by atoms with Crippen molar-refractivity contribution < 1.29 is 21.6 Å². The zero-order chi connectivity index (χ0) is 15.8. The Balaban J connectivity index is 2.45. The molecule has 0 bridgehead atoms. The number of hydrogen-bond donors (Lipinski definition) is 1. The van der Waals surface area contributed by atoms with Crippen molar-refractivity contribution >= 4 is 58.9 Å². The van der Waals surface area contributed by atoms with Gasteiger partial charge in [-0.1, -0.05) is 15.9 Å². The van der Waals surface area contributed by atoms with Crippen LogP contribution in [0.2, 0.25) is 0 Å². The van der Waals surface area contributed by atoms with E-state index >= 15 is 0 Å². The second-order valence-corrected chi connectivity index (χ2v) is 9.14. The fourth-order valence-corrected chi connectivity index (χ4v) is 4.93. The van der Waals surface area contributed by atoms with Crippen LogP contribution in [0.4, 0.5) is 18.9 Å². The molecule has 0 unspecified atom stereocenters. The number of thiophene rings is 1. The van der Waals surface area contributed by atoms with Gasteiger partial charge in [0, 0.05) is 4.47 Å². The molecule has 2 rings (SSSR count). The van der Waals surface area contributed by atoms with E-state index in [2.05, 4.69) is 31.9 Å². The summed E-state index contributed by atoms with van der Waals surface area (Å²) in [5, 5.41) is 0. The average Bonchev–Trinajstić information content (AvgIpc) is 2.77. The van der Waals surface area contributed by atoms with E-state index < -0.39 is 27.5 Å². The molecular weight excluding hydrogens is 459 g/mol. The Morgan fingerprint density at radius 3 is 2.29 bits per heavy atom. The Kier molecular flexibility index (Phi) is 4.72. The minimum Gasteiger partial charge on any atom is -0.278 e. The number of halogens is 5. The number of sulfonamides is 1. The van der Waals surface area contributed by atoms with Gasteiger partial charge >= 0.3 is 6.18 Å². The maximum atomic E-state index is 12.9. The van der Waals surface area contributed by atoms with Gasteiger partial charge in [-0.05, 0) is 46.3 Å². The Labute approximate surface area is 139 Å². The third-order valence-electron chi connectivity index (χ3n) is 2.34. The lowest BCUT2D eigenvalue weighted by molar-refractivity contribution is -0.136. The highest BCUT2D eigenvalue weighted by atomic mass is 79.9. The molecule has 1 heterocycles. The predicted molar refractivity (Wildman–Crippen MR) is 82.0 cm³/mol. The molecule has 0 saturated heterocycles. The molecule has 1 N–H and O–H groups in total. The zero-order valence-corrected chi connectivity index (χ0v) is 14.7. The van der Waals surface area contributed by atoms with E-state index in [0.717, 1.165) is 23.5 Å². The van der Waals surface area contributed by atoms with E-state index in [4.69, 9.17) is 0 Å². The standard InChI is InChI=1S/C11H6Br2F3NO2S2/c12-6-1-2-8(7(5-6)11(14,15)16)17-21(18,19)10-4-3-9(13)20-10/h1-5,17H. The van der Waals surface area contributed by atoms with Gasteiger partial charge < -0.3 is 0 Å². The number of benzene rings is 1. The number of anilines is 1. The number of rotatable bonds is 3. The van der Waals surface area contributed by atoms with Crippen molar-refractivity contribution in [3.63, 3.8) is 0 Å². The summed E-state index contributed by atoms with van der Waals surface area (Å²) in [5.41, 5.74) is -1.58. The van der Waals surface area contributed by atoms with Crippen LogP contribution in [-0.4, -0.2) is 8.42 Å². The molecule has 1 aromatic carbocycles. The monoisotopic (exact) mass is 463 g/mol. The summed E-state index contributed by atoms with van der Waals surface area (Å²) in [7, 11) is -4.06. The highest BCUT2D eigenvalue weighted by molar-refractivity contribution is 9.11. The smallest absolute Gasteiger partial charge is 0.278 e. The van der Waals surface area contributed by atoms with Crippen LogP contribution in [0.3, 0.4) is 0 Å². The summed E-state index contributed by atoms with van der Waals surface area (Å²) in [4.78, 5) is 0. The summed E-state index contributed by atoms with van der Waals surface area (Å²) in [5.74, 6) is 0. The maximum absolute atomic E-state index is 12.9. The van der Waals surface area contributed by atoms with Crippen LogP contribution >= 0.6 is 43.2 Å². The SMILES string of the molecule is O=S(=O)(Nc1ccc(Br)cc1C(F)(F)F)c1ccc(Br)s1. The third-order valence-corrected chi connectivity index (χ3v) is 6.32. The molecule has 0 radical (unpaired) electrons. The van der Waals surface area contributed by atoms with Crippen molar-refractivity contribution in [1.29, 1.82) is 0 Å². The van der Waals surface area contributed by atoms with Gasteiger partial charge in [0.05, 0.1) is 15.0 Å². The van der Waals surface area contributed by atoms with Gasteiger partial charge in [-0.3, -0.25) is 4.72 Å². The number of alkyl halides is 3. The number of hydrogen-bond acceptors (Lipinski definition) is 3. The van der Waals surface area contributed by atoms with Gasteiger partial charge in [0.1, 0.15) is 4.21 Å². The van der Waals surface area contributed by atoms with Gasteiger partial charge in [-0.25, -0.2) is 8.42 Å². The molecule has 0 spiro atoms. The molecular formula is C11H6Br2F3NO2S2. The van der Waals surface area contributed by atoms with E-state index in [9.17, 15) is 21.6 Å². The van der Waals surface area contributed by atoms with E-state index in [1.807, 2.05) is 4.72 Å². The molecule has 0 aliphatic rings. The van der Waals surface area contributed by atoms with Crippen molar-refractivity contribution in [1.82, 2.24) is 0 Å². The fourth-order valence-electron chi connectivity index (χ4n) is 1.48. The van der Waals surface area contributed by atoms with Gasteiger partial charge in [-0.2, -0.15) is 13.2 Å². The highest BCUT2D eigenvalue weighted by Gasteiger charge is 2.35. The molecule has 0 atom stereocenters. The number of nitrogens with one attached hydrogen (secondary N) is 1. The summed E-state index contributed by atoms with van der Waals surface area (Å²) in [6.07, 6.45) is -4.67. The normalized spacial score (nSPS) is 12.4. The van der Waals surface area contributed by atoms with E-state index in [1.165, 1.54) is 18.2 Å². The molecule has 10 heteroatoms. The quantitative estimate of drug-likeness (QED) is 0.687. The molecule has 3 nitrogen and oxygen atoms in total. The van der Waals surface area contributed by atoms with Crippen molar-refractivity contribution in [3.8, 4) is 0 Å².